The Morgan fingerprint density at radius 2 is 2.14 bits per heavy atom. The van der Waals surface area contributed by atoms with Crippen LogP contribution in [0.4, 0.5) is 5.82 Å². The summed E-state index contributed by atoms with van der Waals surface area (Å²) in [5, 5.41) is 6.26. The summed E-state index contributed by atoms with van der Waals surface area (Å²) in [6, 6.07) is 6.27. The Balaban J connectivity index is 2.10. The van der Waals surface area contributed by atoms with Gasteiger partial charge in [0.1, 0.15) is 5.82 Å². The lowest BCUT2D eigenvalue weighted by Gasteiger charge is -2.22. The lowest BCUT2D eigenvalue weighted by atomic mass is 10.1. The molecule has 0 bridgehead atoms. The molecule has 2 aromatic heterocycles. The highest BCUT2D eigenvalue weighted by Crippen LogP contribution is 2.22. The number of rotatable bonds is 5. The summed E-state index contributed by atoms with van der Waals surface area (Å²) in [5.41, 5.74) is 1.14. The van der Waals surface area contributed by atoms with Crippen LogP contribution < -0.4 is 10.2 Å². The zero-order chi connectivity index (χ0) is 15.5. The molecular formula is C16H22ClN3S. The molecule has 0 atom stereocenters. The Morgan fingerprint density at radius 3 is 2.76 bits per heavy atom. The molecule has 0 aliphatic heterocycles. The number of pyridine rings is 1. The number of aromatic nitrogens is 1. The average Bonchev–Trinajstić information content (AvgIpc) is 2.89. The first kappa shape index (κ1) is 16.3. The molecule has 0 saturated carbocycles. The molecule has 0 radical (unpaired) electrons. The van der Waals surface area contributed by atoms with E-state index in [2.05, 4.69) is 66.6 Å². The van der Waals surface area contributed by atoms with Gasteiger partial charge < -0.3 is 10.2 Å². The van der Waals surface area contributed by atoms with Crippen LogP contribution in [0.15, 0.2) is 29.8 Å². The van der Waals surface area contributed by atoms with Crippen LogP contribution in [0.1, 0.15) is 31.2 Å². The molecule has 3 nitrogen and oxygen atoms in total. The van der Waals surface area contributed by atoms with E-state index in [0.29, 0.717) is 5.02 Å². The largest absolute Gasteiger partial charge is 0.355 e. The van der Waals surface area contributed by atoms with Gasteiger partial charge in [0.15, 0.2) is 0 Å². The lowest BCUT2D eigenvalue weighted by Crippen LogP contribution is -2.35. The van der Waals surface area contributed by atoms with Crippen LogP contribution in [-0.4, -0.2) is 17.6 Å². The Labute approximate surface area is 136 Å². The van der Waals surface area contributed by atoms with E-state index in [1.54, 1.807) is 17.5 Å². The molecular weight excluding hydrogens is 302 g/mol. The molecule has 0 fully saturated rings. The smallest absolute Gasteiger partial charge is 0.128 e. The van der Waals surface area contributed by atoms with Gasteiger partial charge in [0.25, 0.3) is 0 Å². The van der Waals surface area contributed by atoms with E-state index in [1.165, 1.54) is 4.88 Å². The van der Waals surface area contributed by atoms with Crippen molar-refractivity contribution in [2.45, 2.75) is 39.4 Å². The molecule has 0 aliphatic carbocycles. The number of nitrogens with one attached hydrogen (secondary N) is 1. The Morgan fingerprint density at radius 1 is 1.38 bits per heavy atom. The number of halogens is 1. The Hall–Kier alpha value is -1.10. The van der Waals surface area contributed by atoms with Gasteiger partial charge >= 0.3 is 0 Å². The van der Waals surface area contributed by atoms with Crippen LogP contribution in [-0.2, 0) is 13.1 Å². The monoisotopic (exact) mass is 323 g/mol. The van der Waals surface area contributed by atoms with Crippen molar-refractivity contribution in [2.24, 2.45) is 0 Å². The third-order valence-electron chi connectivity index (χ3n) is 3.09. The Bertz CT molecular complexity index is 576. The lowest BCUT2D eigenvalue weighted by molar-refractivity contribution is 0.424. The second-order valence-corrected chi connectivity index (χ2v) is 7.61. The third-order valence-corrected chi connectivity index (χ3v) is 4.30. The maximum atomic E-state index is 6.25. The minimum atomic E-state index is 0.0651. The van der Waals surface area contributed by atoms with E-state index in [4.69, 9.17) is 11.6 Å². The zero-order valence-corrected chi connectivity index (χ0v) is 14.6. The van der Waals surface area contributed by atoms with Crippen LogP contribution in [0.2, 0.25) is 5.02 Å². The van der Waals surface area contributed by atoms with E-state index in [-0.39, 0.29) is 5.54 Å². The van der Waals surface area contributed by atoms with Gasteiger partial charge in [-0.2, -0.15) is 0 Å². The summed E-state index contributed by atoms with van der Waals surface area (Å²) >= 11 is 8.01. The highest BCUT2D eigenvalue weighted by Gasteiger charge is 2.12. The number of anilines is 1. The van der Waals surface area contributed by atoms with E-state index < -0.39 is 0 Å². The van der Waals surface area contributed by atoms with E-state index in [1.807, 2.05) is 0 Å². The zero-order valence-electron chi connectivity index (χ0n) is 13.0. The van der Waals surface area contributed by atoms with Crippen molar-refractivity contribution >= 4 is 28.8 Å². The van der Waals surface area contributed by atoms with Crippen molar-refractivity contribution in [3.63, 3.8) is 0 Å². The molecule has 5 heteroatoms. The molecule has 1 N–H and O–H groups in total. The predicted molar refractivity (Wildman–Crippen MR) is 92.3 cm³/mol. The van der Waals surface area contributed by atoms with Gasteiger partial charge in [-0.15, -0.1) is 11.3 Å². The Kier molecular flexibility index (Phi) is 5.25. The van der Waals surface area contributed by atoms with Crippen molar-refractivity contribution in [3.8, 4) is 0 Å². The van der Waals surface area contributed by atoms with Crippen LogP contribution in [0.3, 0.4) is 0 Å². The summed E-state index contributed by atoms with van der Waals surface area (Å²) in [6.07, 6.45) is 1.74. The molecule has 0 amide bonds. The minimum Gasteiger partial charge on any atom is -0.355 e. The van der Waals surface area contributed by atoms with Gasteiger partial charge in [-0.3, -0.25) is 0 Å². The van der Waals surface area contributed by atoms with Gasteiger partial charge in [-0.1, -0.05) is 17.7 Å². The normalized spacial score (nSPS) is 11.7. The molecule has 114 valence electrons. The summed E-state index contributed by atoms with van der Waals surface area (Å²) in [5.74, 6) is 0.943. The molecule has 0 aliphatic rings. The molecule has 0 saturated heterocycles. The standard InChI is InChI=1S/C16H22ClN3S/c1-16(2,3)19-9-12-8-15(18-10-14(12)17)20(4)11-13-6-5-7-21-13/h5-8,10,19H,9,11H2,1-4H3. The van der Waals surface area contributed by atoms with Crippen molar-refractivity contribution < 1.29 is 0 Å². The van der Waals surface area contributed by atoms with E-state index in [0.717, 1.165) is 24.5 Å². The van der Waals surface area contributed by atoms with Crippen LogP contribution in [0.25, 0.3) is 0 Å². The molecule has 0 aromatic carbocycles. The van der Waals surface area contributed by atoms with Crippen molar-refractivity contribution in [1.82, 2.24) is 10.3 Å². The maximum Gasteiger partial charge on any atom is 0.128 e. The molecule has 2 heterocycles. The van der Waals surface area contributed by atoms with Crippen molar-refractivity contribution in [3.05, 3.63) is 45.2 Å². The van der Waals surface area contributed by atoms with Gasteiger partial charge in [-0.25, -0.2) is 4.98 Å². The van der Waals surface area contributed by atoms with Crippen molar-refractivity contribution in [2.75, 3.05) is 11.9 Å². The summed E-state index contributed by atoms with van der Waals surface area (Å²) in [4.78, 5) is 7.90. The van der Waals surface area contributed by atoms with Gasteiger partial charge in [0.2, 0.25) is 0 Å². The van der Waals surface area contributed by atoms with Gasteiger partial charge in [0, 0.05) is 30.2 Å². The molecule has 2 aromatic rings. The summed E-state index contributed by atoms with van der Waals surface area (Å²) in [7, 11) is 2.05. The van der Waals surface area contributed by atoms with Crippen LogP contribution >= 0.6 is 22.9 Å². The number of thiophene rings is 1. The maximum absolute atomic E-state index is 6.25. The summed E-state index contributed by atoms with van der Waals surface area (Å²) < 4.78 is 0. The third kappa shape index (κ3) is 4.99. The molecule has 2 rings (SSSR count). The molecule has 0 unspecified atom stereocenters. The van der Waals surface area contributed by atoms with E-state index >= 15 is 0 Å². The minimum absolute atomic E-state index is 0.0651. The van der Waals surface area contributed by atoms with Gasteiger partial charge in [0.05, 0.1) is 11.6 Å². The highest BCUT2D eigenvalue weighted by molar-refractivity contribution is 7.09. The van der Waals surface area contributed by atoms with Crippen molar-refractivity contribution in [1.29, 1.82) is 0 Å². The molecule has 21 heavy (non-hydrogen) atoms. The first-order valence-corrected chi connectivity index (χ1v) is 8.24. The fraction of sp³-hybridized carbons (Fsp3) is 0.438. The van der Waals surface area contributed by atoms with Gasteiger partial charge in [-0.05, 0) is 43.8 Å². The van der Waals surface area contributed by atoms with E-state index in [9.17, 15) is 0 Å². The highest BCUT2D eigenvalue weighted by atomic mass is 35.5. The predicted octanol–water partition coefficient (Wildman–Crippen LogP) is 4.32. The summed E-state index contributed by atoms with van der Waals surface area (Å²) in [6.45, 7) is 8.03. The number of nitrogens with zero attached hydrogens (tertiary/aromatic N) is 2. The topological polar surface area (TPSA) is 28.2 Å². The van der Waals surface area contributed by atoms with Crippen LogP contribution in [0.5, 0.6) is 0 Å². The number of hydrogen-bond donors (Lipinski definition) is 1. The second-order valence-electron chi connectivity index (χ2n) is 6.17. The quantitative estimate of drug-likeness (QED) is 0.888. The SMILES string of the molecule is CN(Cc1cccs1)c1cc(CNC(C)(C)C)c(Cl)cn1. The fourth-order valence-corrected chi connectivity index (χ4v) is 2.82. The average molecular weight is 324 g/mol. The first-order valence-electron chi connectivity index (χ1n) is 6.98. The fourth-order valence-electron chi connectivity index (χ4n) is 1.89. The molecule has 0 spiro atoms. The first-order chi connectivity index (χ1) is 9.85. The second kappa shape index (κ2) is 6.77. The van der Waals surface area contributed by atoms with Crippen LogP contribution in [0, 0.1) is 0 Å². The number of hydrogen-bond acceptors (Lipinski definition) is 4.